The van der Waals surface area contributed by atoms with Crippen LogP contribution in [-0.2, 0) is 4.79 Å². The minimum atomic E-state index is -0.663. The molecule has 2 heterocycles. The molecular formula is C25H33N3O3S. The molecule has 0 unspecified atom stereocenters. The van der Waals surface area contributed by atoms with Gasteiger partial charge in [0.2, 0.25) is 0 Å². The Kier molecular flexibility index (Phi) is 5.16. The zero-order chi connectivity index (χ0) is 22.0. The highest BCUT2D eigenvalue weighted by molar-refractivity contribution is 7.99. The molecular weight excluding hydrogens is 422 g/mol. The van der Waals surface area contributed by atoms with Crippen LogP contribution in [0, 0.1) is 41.4 Å². The van der Waals surface area contributed by atoms with Crippen LogP contribution in [0.3, 0.4) is 0 Å². The maximum atomic E-state index is 13.4. The third kappa shape index (κ3) is 3.51. The first kappa shape index (κ1) is 20.8. The maximum absolute atomic E-state index is 13.4. The molecule has 32 heavy (non-hydrogen) atoms. The van der Waals surface area contributed by atoms with E-state index in [9.17, 15) is 14.7 Å². The zero-order valence-corrected chi connectivity index (χ0v) is 19.5. The highest BCUT2D eigenvalue weighted by atomic mass is 32.2. The quantitative estimate of drug-likeness (QED) is 0.607. The van der Waals surface area contributed by atoms with E-state index in [4.69, 9.17) is 4.98 Å². The number of anilines is 1. The molecule has 0 radical (unpaired) electrons. The number of nitrogens with zero attached hydrogens (tertiary/aromatic N) is 2. The predicted octanol–water partition coefficient (Wildman–Crippen LogP) is 3.91. The van der Waals surface area contributed by atoms with Crippen LogP contribution < -0.4 is 10.2 Å². The van der Waals surface area contributed by atoms with Crippen molar-refractivity contribution in [1.82, 2.24) is 10.3 Å². The van der Waals surface area contributed by atoms with E-state index >= 15 is 0 Å². The second kappa shape index (κ2) is 7.93. The number of pyridine rings is 1. The first-order valence-electron chi connectivity index (χ1n) is 12.4. The predicted molar refractivity (Wildman–Crippen MR) is 124 cm³/mol. The normalized spacial score (nSPS) is 38.6. The molecule has 5 saturated carbocycles. The van der Waals surface area contributed by atoms with E-state index < -0.39 is 5.97 Å². The first-order chi connectivity index (χ1) is 15.5. The van der Waals surface area contributed by atoms with Crippen molar-refractivity contribution < 1.29 is 14.7 Å². The van der Waals surface area contributed by atoms with Gasteiger partial charge in [-0.05, 0) is 91.9 Å². The number of carboxylic acid groups (broad SMARTS) is 1. The molecule has 6 nitrogen and oxygen atoms in total. The van der Waals surface area contributed by atoms with Gasteiger partial charge in [-0.1, -0.05) is 6.92 Å². The number of aliphatic carboxylic acids is 1. The smallest absolute Gasteiger partial charge is 0.307 e. The van der Waals surface area contributed by atoms with Gasteiger partial charge in [-0.3, -0.25) is 9.59 Å². The van der Waals surface area contributed by atoms with Crippen molar-refractivity contribution in [2.45, 2.75) is 56.5 Å². The Morgan fingerprint density at radius 3 is 2.34 bits per heavy atom. The summed E-state index contributed by atoms with van der Waals surface area (Å²) in [6.07, 6.45) is 7.62. The monoisotopic (exact) mass is 455 g/mol. The van der Waals surface area contributed by atoms with Crippen molar-refractivity contribution in [3.63, 3.8) is 0 Å². The molecule has 7 heteroatoms. The standard InChI is InChI=1S/C25H33N3O3S/c1-2-5-32-24-17(3-4-20(26-24)28-11-18-19(12-28)21(18)25(30)31)23(29)27-22-15-7-13-6-14(9-15)10-16(22)8-13/h3-4,13-16,18-19,21-22H,2,5-12H2,1H3,(H,27,29)(H,30,31)/t13?,14?,15?,16?,18-,19+,21+,22?. The van der Waals surface area contributed by atoms with Crippen LogP contribution in [0.15, 0.2) is 17.2 Å². The van der Waals surface area contributed by atoms with E-state index in [1.807, 2.05) is 12.1 Å². The third-order valence-corrected chi connectivity index (χ3v) is 10.1. The highest BCUT2D eigenvalue weighted by Crippen LogP contribution is 2.54. The molecule has 6 aliphatic rings. The van der Waals surface area contributed by atoms with Crippen molar-refractivity contribution in [3.05, 3.63) is 17.7 Å². The number of carboxylic acids is 1. The van der Waals surface area contributed by atoms with Gasteiger partial charge < -0.3 is 15.3 Å². The molecule has 172 valence electrons. The number of nitrogens with one attached hydrogen (secondary N) is 1. The van der Waals surface area contributed by atoms with Crippen molar-refractivity contribution in [2.75, 3.05) is 23.7 Å². The van der Waals surface area contributed by atoms with E-state index in [0.717, 1.165) is 47.9 Å². The first-order valence-corrected chi connectivity index (χ1v) is 13.4. The lowest BCUT2D eigenvalue weighted by Gasteiger charge is -2.54. The Bertz CT molecular complexity index is 897. The second-order valence-corrected chi connectivity index (χ2v) is 12.0. The summed E-state index contributed by atoms with van der Waals surface area (Å²) in [5, 5.41) is 13.5. The Hall–Kier alpha value is -1.76. The molecule has 4 bridgehead atoms. The lowest BCUT2D eigenvalue weighted by Crippen LogP contribution is -2.55. The number of carbonyl (C=O) groups excluding carboxylic acids is 1. The van der Waals surface area contributed by atoms with Gasteiger partial charge in [0, 0.05) is 19.1 Å². The van der Waals surface area contributed by atoms with Crippen molar-refractivity contribution in [1.29, 1.82) is 0 Å². The van der Waals surface area contributed by atoms with Gasteiger partial charge in [0.05, 0.1) is 11.5 Å². The Morgan fingerprint density at radius 2 is 1.75 bits per heavy atom. The molecule has 5 aliphatic carbocycles. The molecule has 1 saturated heterocycles. The SMILES string of the molecule is CCCSc1nc(N2C[C@@H]3[C@H](C2)[C@H]3C(=O)O)ccc1C(=O)NC1C2CC3CC(C2)CC1C3. The minimum absolute atomic E-state index is 0.0373. The summed E-state index contributed by atoms with van der Waals surface area (Å²) in [6, 6.07) is 4.24. The van der Waals surface area contributed by atoms with Crippen molar-refractivity contribution >= 4 is 29.5 Å². The van der Waals surface area contributed by atoms with Gasteiger partial charge in [-0.25, -0.2) is 4.98 Å². The van der Waals surface area contributed by atoms with E-state index in [1.165, 1.54) is 32.1 Å². The summed E-state index contributed by atoms with van der Waals surface area (Å²) < 4.78 is 0. The summed E-state index contributed by atoms with van der Waals surface area (Å²) in [7, 11) is 0. The van der Waals surface area contributed by atoms with E-state index in [0.29, 0.717) is 23.4 Å². The van der Waals surface area contributed by atoms with Gasteiger partial charge in [-0.2, -0.15) is 0 Å². The number of piperidine rings is 1. The molecule has 2 N–H and O–H groups in total. The summed E-state index contributed by atoms with van der Waals surface area (Å²) in [5.74, 6) is 4.63. The number of hydrogen-bond acceptors (Lipinski definition) is 5. The van der Waals surface area contributed by atoms with Gasteiger partial charge in [0.15, 0.2) is 0 Å². The number of hydrogen-bond donors (Lipinski definition) is 2. The molecule has 1 amide bonds. The van der Waals surface area contributed by atoms with Gasteiger partial charge >= 0.3 is 5.97 Å². The second-order valence-electron chi connectivity index (χ2n) is 10.9. The zero-order valence-electron chi connectivity index (χ0n) is 18.7. The molecule has 0 spiro atoms. The van der Waals surface area contributed by atoms with E-state index in [1.54, 1.807) is 11.8 Å². The number of carbonyl (C=O) groups is 2. The average molecular weight is 456 g/mol. The summed E-state index contributed by atoms with van der Waals surface area (Å²) >= 11 is 1.66. The average Bonchev–Trinajstić information content (AvgIpc) is 3.28. The lowest BCUT2D eigenvalue weighted by atomic mass is 9.54. The van der Waals surface area contributed by atoms with Crippen LogP contribution in [0.1, 0.15) is 55.8 Å². The number of amides is 1. The summed E-state index contributed by atoms with van der Waals surface area (Å²) in [5.41, 5.74) is 0.703. The summed E-state index contributed by atoms with van der Waals surface area (Å²) in [6.45, 7) is 3.66. The van der Waals surface area contributed by atoms with Gasteiger partial charge in [0.1, 0.15) is 10.8 Å². The van der Waals surface area contributed by atoms with Gasteiger partial charge in [0.25, 0.3) is 5.91 Å². The van der Waals surface area contributed by atoms with Crippen LogP contribution in [-0.4, -0.2) is 46.9 Å². The maximum Gasteiger partial charge on any atom is 0.307 e. The third-order valence-electron chi connectivity index (χ3n) is 8.86. The Labute approximate surface area is 193 Å². The lowest BCUT2D eigenvalue weighted by molar-refractivity contribution is -0.139. The molecule has 1 aromatic heterocycles. The van der Waals surface area contributed by atoms with Crippen LogP contribution >= 0.6 is 11.8 Å². The molecule has 7 rings (SSSR count). The van der Waals surface area contributed by atoms with Gasteiger partial charge in [-0.15, -0.1) is 11.8 Å². The Balaban J connectivity index is 1.18. The molecule has 1 aromatic rings. The van der Waals surface area contributed by atoms with E-state index in [-0.39, 0.29) is 23.7 Å². The van der Waals surface area contributed by atoms with E-state index in [2.05, 4.69) is 17.1 Å². The highest BCUT2D eigenvalue weighted by Gasteiger charge is 2.60. The largest absolute Gasteiger partial charge is 0.481 e. The van der Waals surface area contributed by atoms with Crippen molar-refractivity contribution in [2.24, 2.45) is 41.4 Å². The Morgan fingerprint density at radius 1 is 1.09 bits per heavy atom. The van der Waals surface area contributed by atoms with Crippen LogP contribution in [0.5, 0.6) is 0 Å². The van der Waals surface area contributed by atoms with Crippen LogP contribution in [0.4, 0.5) is 5.82 Å². The van der Waals surface area contributed by atoms with Crippen molar-refractivity contribution in [3.8, 4) is 0 Å². The van der Waals surface area contributed by atoms with Crippen LogP contribution in [0.25, 0.3) is 0 Å². The number of thioether (sulfide) groups is 1. The fourth-order valence-corrected chi connectivity index (χ4v) is 8.43. The molecule has 0 aromatic carbocycles. The number of aromatic nitrogens is 1. The topological polar surface area (TPSA) is 82.5 Å². The number of fused-ring (bicyclic) bond motifs is 1. The fraction of sp³-hybridized carbons (Fsp3) is 0.720. The molecule has 6 fully saturated rings. The summed E-state index contributed by atoms with van der Waals surface area (Å²) in [4.78, 5) is 31.8. The van der Waals surface area contributed by atoms with Crippen LogP contribution in [0.2, 0.25) is 0 Å². The number of rotatable bonds is 7. The minimum Gasteiger partial charge on any atom is -0.481 e. The molecule has 3 atom stereocenters. The fourth-order valence-electron chi connectivity index (χ4n) is 7.56. The molecule has 1 aliphatic heterocycles.